The average molecular weight is 413 g/mol. The van der Waals surface area contributed by atoms with E-state index in [-0.39, 0.29) is 30.5 Å². The number of ether oxygens (including phenoxy) is 2. The zero-order valence-electron chi connectivity index (χ0n) is 15.3. The van der Waals surface area contributed by atoms with Crippen molar-refractivity contribution in [2.45, 2.75) is 44.0 Å². The molecule has 0 atom stereocenters. The molecule has 1 aromatic carbocycles. The minimum Gasteiger partial charge on any atom is -0.484 e. The summed E-state index contributed by atoms with van der Waals surface area (Å²) in [6, 6.07) is 4.40. The van der Waals surface area contributed by atoms with E-state index >= 15 is 0 Å². The van der Waals surface area contributed by atoms with Gasteiger partial charge in [0.1, 0.15) is 11.9 Å². The molecule has 10 heteroatoms. The molecular formula is C19H19F4N3O3. The fourth-order valence-electron chi connectivity index (χ4n) is 3.02. The molecule has 1 N–H and O–H groups in total. The van der Waals surface area contributed by atoms with Gasteiger partial charge in [-0.1, -0.05) is 6.07 Å². The number of aromatic nitrogens is 2. The van der Waals surface area contributed by atoms with Crippen LogP contribution in [0.4, 0.5) is 17.6 Å². The second-order valence-electron chi connectivity index (χ2n) is 6.66. The third-order valence-electron chi connectivity index (χ3n) is 4.44. The summed E-state index contributed by atoms with van der Waals surface area (Å²) in [5.74, 6) is -0.976. The van der Waals surface area contributed by atoms with Gasteiger partial charge in [0, 0.05) is 6.04 Å². The van der Waals surface area contributed by atoms with Gasteiger partial charge in [-0.25, -0.2) is 14.4 Å². The first kappa shape index (κ1) is 20.8. The maximum atomic E-state index is 12.8. The third kappa shape index (κ3) is 6.30. The van der Waals surface area contributed by atoms with Gasteiger partial charge < -0.3 is 14.8 Å². The van der Waals surface area contributed by atoms with E-state index in [1.165, 1.54) is 12.1 Å². The van der Waals surface area contributed by atoms with Gasteiger partial charge >= 0.3 is 12.2 Å². The smallest absolute Gasteiger partial charge is 0.416 e. The number of halogens is 4. The van der Waals surface area contributed by atoms with Crippen molar-refractivity contribution in [3.63, 3.8) is 0 Å². The molecule has 0 bridgehead atoms. The van der Waals surface area contributed by atoms with Crippen LogP contribution in [0, 0.1) is 5.82 Å². The first-order valence-electron chi connectivity index (χ1n) is 9.03. The van der Waals surface area contributed by atoms with Gasteiger partial charge in [-0.2, -0.15) is 13.2 Å². The molecule has 0 saturated heterocycles. The topological polar surface area (TPSA) is 73.3 Å². The van der Waals surface area contributed by atoms with Crippen LogP contribution < -0.4 is 14.8 Å². The quantitative estimate of drug-likeness (QED) is 0.734. The predicted octanol–water partition coefficient (Wildman–Crippen LogP) is 3.52. The minimum absolute atomic E-state index is 0.0219. The standard InChI is InChI=1S/C19H19F4N3O3/c20-13-9-24-18(25-10-13)29-15-6-4-14(5-7-15)26-17(27)11-28-16-3-1-2-12(8-16)19(21,22)23/h1-3,8-10,14-15H,4-7,11H2,(H,26,27). The Hall–Kier alpha value is -2.91. The predicted molar refractivity (Wildman–Crippen MR) is 93.7 cm³/mol. The molecule has 0 radical (unpaired) electrons. The van der Waals surface area contributed by atoms with Crippen LogP contribution in [0.3, 0.4) is 0 Å². The van der Waals surface area contributed by atoms with Gasteiger partial charge in [-0.15, -0.1) is 0 Å². The van der Waals surface area contributed by atoms with Crippen LogP contribution in [0.25, 0.3) is 0 Å². The van der Waals surface area contributed by atoms with Crippen molar-refractivity contribution >= 4 is 5.91 Å². The fourth-order valence-corrected chi connectivity index (χ4v) is 3.02. The van der Waals surface area contributed by atoms with Crippen LogP contribution in [-0.2, 0) is 11.0 Å². The third-order valence-corrected chi connectivity index (χ3v) is 4.44. The highest BCUT2D eigenvalue weighted by atomic mass is 19.4. The molecule has 1 saturated carbocycles. The summed E-state index contributed by atoms with van der Waals surface area (Å²) < 4.78 is 61.6. The molecule has 156 valence electrons. The summed E-state index contributed by atoms with van der Waals surface area (Å²) in [6.07, 6.45) is 0.0659. The van der Waals surface area contributed by atoms with Crippen LogP contribution in [-0.4, -0.2) is 34.6 Å². The lowest BCUT2D eigenvalue weighted by Gasteiger charge is -2.28. The maximum absolute atomic E-state index is 12.8. The zero-order chi connectivity index (χ0) is 20.9. The Bertz CT molecular complexity index is 822. The van der Waals surface area contributed by atoms with Gasteiger partial charge in [0.25, 0.3) is 5.91 Å². The second-order valence-corrected chi connectivity index (χ2v) is 6.66. The maximum Gasteiger partial charge on any atom is 0.416 e. The van der Waals surface area contributed by atoms with Gasteiger partial charge in [0.05, 0.1) is 18.0 Å². The van der Waals surface area contributed by atoms with Crippen LogP contribution in [0.5, 0.6) is 11.8 Å². The van der Waals surface area contributed by atoms with Crippen molar-refractivity contribution in [3.05, 3.63) is 48.0 Å². The molecule has 1 aliphatic rings. The molecule has 0 spiro atoms. The number of nitrogens with one attached hydrogen (secondary N) is 1. The number of amides is 1. The summed E-state index contributed by atoms with van der Waals surface area (Å²) >= 11 is 0. The Balaban J connectivity index is 1.40. The van der Waals surface area contributed by atoms with E-state index in [0.717, 1.165) is 24.5 Å². The van der Waals surface area contributed by atoms with E-state index in [2.05, 4.69) is 15.3 Å². The van der Waals surface area contributed by atoms with E-state index in [1.54, 1.807) is 0 Å². The average Bonchev–Trinajstić information content (AvgIpc) is 2.69. The zero-order valence-corrected chi connectivity index (χ0v) is 15.3. The number of hydrogen-bond acceptors (Lipinski definition) is 5. The van der Waals surface area contributed by atoms with Gasteiger partial charge in [-0.05, 0) is 43.9 Å². The minimum atomic E-state index is -4.47. The Kier molecular flexibility index (Phi) is 6.50. The molecular weight excluding hydrogens is 394 g/mol. The van der Waals surface area contributed by atoms with Gasteiger partial charge in [-0.3, -0.25) is 4.79 Å². The summed E-state index contributed by atoms with van der Waals surface area (Å²) in [5, 5.41) is 2.80. The number of carbonyl (C=O) groups is 1. The first-order valence-corrected chi connectivity index (χ1v) is 9.03. The van der Waals surface area contributed by atoms with Crippen molar-refractivity contribution < 1.29 is 31.8 Å². The number of nitrogens with zero attached hydrogens (tertiary/aromatic N) is 2. The molecule has 1 aromatic heterocycles. The van der Waals surface area contributed by atoms with Crippen molar-refractivity contribution in [3.8, 4) is 11.8 Å². The van der Waals surface area contributed by atoms with E-state index in [1.807, 2.05) is 0 Å². The number of carbonyl (C=O) groups excluding carboxylic acids is 1. The van der Waals surface area contributed by atoms with Crippen molar-refractivity contribution in [2.24, 2.45) is 0 Å². The summed E-state index contributed by atoms with van der Waals surface area (Å²) in [4.78, 5) is 19.5. The molecule has 0 aliphatic heterocycles. The molecule has 0 unspecified atom stereocenters. The first-order chi connectivity index (χ1) is 13.8. The van der Waals surface area contributed by atoms with Crippen LogP contribution in [0.2, 0.25) is 0 Å². The summed E-state index contributed by atoms with van der Waals surface area (Å²) in [5.41, 5.74) is -0.834. The van der Waals surface area contributed by atoms with Crippen LogP contribution >= 0.6 is 0 Å². The highest BCUT2D eigenvalue weighted by Crippen LogP contribution is 2.31. The lowest BCUT2D eigenvalue weighted by Crippen LogP contribution is -2.41. The van der Waals surface area contributed by atoms with E-state index < -0.39 is 23.5 Å². The highest BCUT2D eigenvalue weighted by Gasteiger charge is 2.30. The molecule has 1 fully saturated rings. The number of rotatable bonds is 6. The normalized spacial score (nSPS) is 19.4. The second kappa shape index (κ2) is 9.06. The van der Waals surface area contributed by atoms with E-state index in [4.69, 9.17) is 9.47 Å². The molecule has 2 aromatic rings. The SMILES string of the molecule is O=C(COc1cccc(C(F)(F)F)c1)NC1CCC(Oc2ncc(F)cn2)CC1. The summed E-state index contributed by atoms with van der Waals surface area (Å²) in [7, 11) is 0. The molecule has 1 heterocycles. The Morgan fingerprint density at radius 3 is 2.48 bits per heavy atom. The number of benzene rings is 1. The molecule has 29 heavy (non-hydrogen) atoms. The number of alkyl halides is 3. The largest absolute Gasteiger partial charge is 0.484 e. The highest BCUT2D eigenvalue weighted by molar-refractivity contribution is 5.77. The molecule has 6 nitrogen and oxygen atoms in total. The van der Waals surface area contributed by atoms with Crippen molar-refractivity contribution in [1.29, 1.82) is 0 Å². The monoisotopic (exact) mass is 413 g/mol. The summed E-state index contributed by atoms with van der Waals surface area (Å²) in [6.45, 7) is -0.374. The van der Waals surface area contributed by atoms with Crippen LogP contribution in [0.15, 0.2) is 36.7 Å². The van der Waals surface area contributed by atoms with E-state index in [9.17, 15) is 22.4 Å². The molecule has 3 rings (SSSR count). The Labute approximate surface area is 164 Å². The molecule has 1 amide bonds. The number of hydrogen-bond donors (Lipinski definition) is 1. The lowest BCUT2D eigenvalue weighted by atomic mass is 9.93. The lowest BCUT2D eigenvalue weighted by molar-refractivity contribution is -0.137. The molecule has 1 aliphatic carbocycles. The van der Waals surface area contributed by atoms with Crippen molar-refractivity contribution in [1.82, 2.24) is 15.3 Å². The van der Waals surface area contributed by atoms with Crippen LogP contribution in [0.1, 0.15) is 31.2 Å². The Morgan fingerprint density at radius 1 is 1.14 bits per heavy atom. The fraction of sp³-hybridized carbons (Fsp3) is 0.421. The van der Waals surface area contributed by atoms with Gasteiger partial charge in [0.15, 0.2) is 12.4 Å². The van der Waals surface area contributed by atoms with Crippen molar-refractivity contribution in [2.75, 3.05) is 6.61 Å². The van der Waals surface area contributed by atoms with Gasteiger partial charge in [0.2, 0.25) is 0 Å². The van der Waals surface area contributed by atoms with E-state index in [0.29, 0.717) is 25.7 Å². The Morgan fingerprint density at radius 2 is 1.83 bits per heavy atom.